The first-order valence-corrected chi connectivity index (χ1v) is 26.9. The summed E-state index contributed by atoms with van der Waals surface area (Å²) >= 11 is 4.27. The Morgan fingerprint density at radius 1 is 0.278 bits per heavy atom. The van der Waals surface area contributed by atoms with Crippen molar-refractivity contribution < 1.29 is 0 Å². The van der Waals surface area contributed by atoms with Crippen molar-refractivity contribution in [2.45, 2.75) is 144 Å². The zero-order chi connectivity index (χ0) is 27.4. The minimum atomic E-state index is 0.712. The zero-order valence-electron chi connectivity index (χ0n) is 25.2. The van der Waals surface area contributed by atoms with Crippen molar-refractivity contribution >= 4 is 89.7 Å². The second-order valence-corrected chi connectivity index (χ2v) is 30.7. The van der Waals surface area contributed by atoms with Crippen molar-refractivity contribution in [3.63, 3.8) is 0 Å². The summed E-state index contributed by atoms with van der Waals surface area (Å²) in [5.41, 5.74) is 11.3. The quantitative estimate of drug-likeness (QED) is 0.132. The van der Waals surface area contributed by atoms with Crippen molar-refractivity contribution in [3.05, 3.63) is 33.4 Å². The van der Waals surface area contributed by atoms with Crippen LogP contribution in [0.2, 0.25) is 28.9 Å². The molecule has 0 amide bonds. The molecule has 36 heavy (non-hydrogen) atoms. The van der Waals surface area contributed by atoms with Gasteiger partial charge in [-0.15, -0.1) is 0 Å². The number of hydrogen-bond donors (Lipinski definition) is 0. The zero-order valence-corrected chi connectivity index (χ0v) is 35.4. The third-order valence-electron chi connectivity index (χ3n) is 5.55. The Bertz CT molecular complexity index is 570. The molecule has 210 valence electrons. The predicted octanol–water partition coefficient (Wildman–Crippen LogP) is 7.88. The summed E-state index contributed by atoms with van der Waals surface area (Å²) in [5.74, 6) is 0. The maximum atomic E-state index is 2.46. The van der Waals surface area contributed by atoms with Gasteiger partial charge < -0.3 is 0 Å². The molecule has 1 aromatic carbocycles. The first-order chi connectivity index (χ1) is 16.8. The Kier molecular flexibility index (Phi) is 19.7. The van der Waals surface area contributed by atoms with E-state index in [4.69, 9.17) is 0 Å². The van der Waals surface area contributed by atoms with Crippen molar-refractivity contribution in [1.29, 1.82) is 0 Å². The Balaban J connectivity index is 3.95. The van der Waals surface area contributed by atoms with Crippen molar-refractivity contribution in [2.75, 3.05) is 0 Å². The molecule has 0 atom stereocenters. The summed E-state index contributed by atoms with van der Waals surface area (Å²) in [6, 6.07) is 0. The van der Waals surface area contributed by atoms with Crippen LogP contribution in [0.3, 0.4) is 0 Å². The maximum absolute atomic E-state index is 2.46. The molecule has 0 fully saturated rings. The molecule has 0 aliphatic heterocycles. The summed E-state index contributed by atoms with van der Waals surface area (Å²) in [5, 5.41) is 8.31. The van der Waals surface area contributed by atoms with Gasteiger partial charge in [0.05, 0.1) is 0 Å². The predicted molar refractivity (Wildman–Crippen MR) is 174 cm³/mol. The monoisotopic (exact) mass is 894 g/mol. The van der Waals surface area contributed by atoms with Crippen LogP contribution in [-0.2, 0) is 31.9 Å². The van der Waals surface area contributed by atoms with E-state index in [0.29, 0.717) is 89.7 Å². The third-order valence-corrected chi connectivity index (χ3v) is 19.7. The van der Waals surface area contributed by atoms with E-state index < -0.39 is 0 Å². The van der Waals surface area contributed by atoms with E-state index in [-0.39, 0.29) is 0 Å². The molecule has 0 saturated heterocycles. The van der Waals surface area contributed by atoms with Gasteiger partial charge in [0.25, 0.3) is 0 Å². The Labute approximate surface area is 264 Å². The molecule has 0 bridgehead atoms. The molecular formula is C30H54Se6. The van der Waals surface area contributed by atoms with Gasteiger partial charge in [-0.25, -0.2) is 0 Å². The SMILES string of the molecule is CC(C)[Se]Cc1c(C[Se]C(C)C)c(C[Se]C(C)C)c(C[Se]C(C)C)c(C[Se]C(C)C)c1C[Se]C(C)C. The fourth-order valence-electron chi connectivity index (χ4n) is 3.64. The normalized spacial score (nSPS) is 12.5. The van der Waals surface area contributed by atoms with E-state index in [1.165, 1.54) is 31.9 Å². The Morgan fingerprint density at radius 3 is 0.472 bits per heavy atom. The molecule has 0 spiro atoms. The summed E-state index contributed by atoms with van der Waals surface area (Å²) in [6.07, 6.45) is 0. The number of rotatable bonds is 18. The van der Waals surface area contributed by atoms with Crippen molar-refractivity contribution in [3.8, 4) is 0 Å². The average molecular weight is 889 g/mol. The third kappa shape index (κ3) is 14.3. The van der Waals surface area contributed by atoms with Gasteiger partial charge in [0.2, 0.25) is 0 Å². The van der Waals surface area contributed by atoms with Crippen LogP contribution in [0.5, 0.6) is 0 Å². The molecule has 0 heterocycles. The second-order valence-electron chi connectivity index (χ2n) is 11.0. The molecular weight excluding hydrogens is 834 g/mol. The molecule has 0 saturated carbocycles. The van der Waals surface area contributed by atoms with Gasteiger partial charge >= 0.3 is 267 Å². The molecule has 0 N–H and O–H groups in total. The van der Waals surface area contributed by atoms with Crippen LogP contribution in [-0.4, -0.2) is 89.7 Å². The topological polar surface area (TPSA) is 0 Å². The van der Waals surface area contributed by atoms with Gasteiger partial charge in [-0.05, 0) is 0 Å². The van der Waals surface area contributed by atoms with Gasteiger partial charge in [-0.1, -0.05) is 0 Å². The van der Waals surface area contributed by atoms with Crippen LogP contribution in [0.1, 0.15) is 116 Å². The summed E-state index contributed by atoms with van der Waals surface area (Å²) in [4.78, 5) is 5.08. The van der Waals surface area contributed by atoms with Crippen molar-refractivity contribution in [2.24, 2.45) is 0 Å². The van der Waals surface area contributed by atoms with E-state index in [1.54, 1.807) is 0 Å². The molecule has 0 radical (unpaired) electrons. The van der Waals surface area contributed by atoms with Gasteiger partial charge in [0.15, 0.2) is 0 Å². The first kappa shape index (κ1) is 36.4. The molecule has 0 nitrogen and oxygen atoms in total. The van der Waals surface area contributed by atoms with Crippen LogP contribution in [0.4, 0.5) is 0 Å². The fourth-order valence-corrected chi connectivity index (χ4v) is 14.3. The second kappa shape index (κ2) is 19.5. The molecule has 0 aromatic heterocycles. The van der Waals surface area contributed by atoms with Gasteiger partial charge in [-0.2, -0.15) is 0 Å². The Morgan fingerprint density at radius 2 is 0.389 bits per heavy atom. The summed E-state index contributed by atoms with van der Waals surface area (Å²) < 4.78 is 0. The molecule has 0 unspecified atom stereocenters. The molecule has 0 aliphatic rings. The van der Waals surface area contributed by atoms with Gasteiger partial charge in [0.1, 0.15) is 0 Å². The van der Waals surface area contributed by atoms with E-state index >= 15 is 0 Å². The van der Waals surface area contributed by atoms with Crippen LogP contribution in [0, 0.1) is 0 Å². The van der Waals surface area contributed by atoms with E-state index in [1.807, 2.05) is 33.4 Å². The van der Waals surface area contributed by atoms with Gasteiger partial charge in [-0.3, -0.25) is 0 Å². The summed E-state index contributed by atoms with van der Waals surface area (Å²) in [6.45, 7) is 29.5. The van der Waals surface area contributed by atoms with Crippen LogP contribution in [0.15, 0.2) is 0 Å². The average Bonchev–Trinajstić information content (AvgIpc) is 2.75. The molecule has 0 aliphatic carbocycles. The number of hydrogen-bond acceptors (Lipinski definition) is 0. The molecule has 1 aromatic rings. The van der Waals surface area contributed by atoms with E-state index in [9.17, 15) is 0 Å². The minimum absolute atomic E-state index is 0.712. The van der Waals surface area contributed by atoms with Crippen LogP contribution >= 0.6 is 0 Å². The Hall–Kier alpha value is 2.34. The fraction of sp³-hybridized carbons (Fsp3) is 0.800. The standard InChI is InChI=1S/C30H54Se6/c1-19(2)31-13-25-26(14-32-20(3)4)28(16-34-22(7)8)30(18-36-24(11)12)29(17-35-23(9)10)27(25)15-33-21(5)6/h19-24H,13-18H2,1-12H3. The van der Waals surface area contributed by atoms with Crippen LogP contribution < -0.4 is 0 Å². The molecule has 6 heteroatoms. The van der Waals surface area contributed by atoms with Crippen molar-refractivity contribution in [1.82, 2.24) is 0 Å². The van der Waals surface area contributed by atoms with E-state index in [0.717, 1.165) is 28.9 Å². The molecule has 1 rings (SSSR count). The van der Waals surface area contributed by atoms with Gasteiger partial charge in [0, 0.05) is 0 Å². The summed E-state index contributed by atoms with van der Waals surface area (Å²) in [7, 11) is 0. The first-order valence-electron chi connectivity index (χ1n) is 13.7. The van der Waals surface area contributed by atoms with Crippen LogP contribution in [0.25, 0.3) is 0 Å². The number of benzene rings is 1. The van der Waals surface area contributed by atoms with E-state index in [2.05, 4.69) is 83.1 Å².